The monoisotopic (exact) mass is 313 g/mol. The van der Waals surface area contributed by atoms with Crippen LogP contribution >= 0.6 is 0 Å². The number of aromatic nitrogens is 2. The van der Waals surface area contributed by atoms with Gasteiger partial charge in [0.2, 0.25) is 0 Å². The molecule has 24 heavy (non-hydrogen) atoms. The Kier molecular flexibility index (Phi) is 3.75. The number of fused-ring (bicyclic) bond motifs is 1. The van der Waals surface area contributed by atoms with E-state index in [0.29, 0.717) is 0 Å². The first-order valence-electron chi connectivity index (χ1n) is 8.24. The molecule has 3 aromatic carbocycles. The van der Waals surface area contributed by atoms with Crippen LogP contribution < -0.4 is 5.32 Å². The molecule has 0 aliphatic rings. The summed E-state index contributed by atoms with van der Waals surface area (Å²) >= 11 is 0. The highest BCUT2D eigenvalue weighted by molar-refractivity contribution is 5.94. The van der Waals surface area contributed by atoms with Crippen molar-refractivity contribution in [3.63, 3.8) is 0 Å². The van der Waals surface area contributed by atoms with Crippen LogP contribution in [0.4, 0.5) is 5.69 Å². The predicted molar refractivity (Wildman–Crippen MR) is 101 cm³/mol. The number of hydrogen-bond donors (Lipinski definition) is 1. The van der Waals surface area contributed by atoms with Gasteiger partial charge in [-0.1, -0.05) is 48.5 Å². The fourth-order valence-corrected chi connectivity index (χ4v) is 3.00. The number of hydrogen-bond acceptors (Lipinski definition) is 2. The standard InChI is InChI=1S/C21H19N3/c1-2-22-17-14-12-16(13-15-17)21-19-10-6-7-11-20(19)24(23-21)18-8-4-3-5-9-18/h3-15,22H,2H2,1H3. The fourth-order valence-electron chi connectivity index (χ4n) is 3.00. The third-order valence-electron chi connectivity index (χ3n) is 4.13. The van der Waals surface area contributed by atoms with Crippen molar-refractivity contribution in [3.8, 4) is 16.9 Å². The SMILES string of the molecule is CCNc1ccc(-c2nn(-c3ccccc3)c3ccccc23)cc1. The first-order chi connectivity index (χ1) is 11.9. The van der Waals surface area contributed by atoms with E-state index in [1.54, 1.807) is 0 Å². The molecule has 3 nitrogen and oxygen atoms in total. The number of nitrogens with one attached hydrogen (secondary N) is 1. The van der Waals surface area contributed by atoms with Crippen LogP contribution in [-0.2, 0) is 0 Å². The normalized spacial score (nSPS) is 10.9. The molecular weight excluding hydrogens is 294 g/mol. The van der Waals surface area contributed by atoms with Crippen LogP contribution in [0.25, 0.3) is 27.8 Å². The Labute approximate surface area is 141 Å². The molecule has 0 aliphatic carbocycles. The Morgan fingerprint density at radius 3 is 2.29 bits per heavy atom. The van der Waals surface area contributed by atoms with Gasteiger partial charge in [-0.15, -0.1) is 0 Å². The molecule has 4 aromatic rings. The van der Waals surface area contributed by atoms with Gasteiger partial charge in [-0.05, 0) is 37.3 Å². The quantitative estimate of drug-likeness (QED) is 0.566. The van der Waals surface area contributed by atoms with Crippen molar-refractivity contribution in [3.05, 3.63) is 78.9 Å². The smallest absolute Gasteiger partial charge is 0.101 e. The molecule has 0 saturated heterocycles. The summed E-state index contributed by atoms with van der Waals surface area (Å²) in [5, 5.41) is 9.39. The average Bonchev–Trinajstić information content (AvgIpc) is 3.03. The number of rotatable bonds is 4. The minimum absolute atomic E-state index is 0.922. The predicted octanol–water partition coefficient (Wildman–Crippen LogP) is 5.12. The average molecular weight is 313 g/mol. The Morgan fingerprint density at radius 2 is 1.54 bits per heavy atom. The van der Waals surface area contributed by atoms with E-state index in [-0.39, 0.29) is 0 Å². The van der Waals surface area contributed by atoms with Gasteiger partial charge in [0, 0.05) is 23.2 Å². The second-order valence-electron chi connectivity index (χ2n) is 5.72. The molecule has 1 heterocycles. The zero-order valence-electron chi connectivity index (χ0n) is 13.6. The lowest BCUT2D eigenvalue weighted by molar-refractivity contribution is 0.915. The lowest BCUT2D eigenvalue weighted by atomic mass is 10.1. The molecule has 0 aliphatic heterocycles. The molecule has 0 unspecified atom stereocenters. The van der Waals surface area contributed by atoms with Crippen LogP contribution in [0.1, 0.15) is 6.92 Å². The molecule has 0 radical (unpaired) electrons. The van der Waals surface area contributed by atoms with E-state index in [9.17, 15) is 0 Å². The summed E-state index contributed by atoms with van der Waals surface area (Å²) in [6, 6.07) is 27.1. The highest BCUT2D eigenvalue weighted by Gasteiger charge is 2.12. The van der Waals surface area contributed by atoms with E-state index in [1.165, 1.54) is 0 Å². The number of para-hydroxylation sites is 2. The maximum atomic E-state index is 4.90. The van der Waals surface area contributed by atoms with Gasteiger partial charge >= 0.3 is 0 Å². The molecule has 0 fully saturated rings. The highest BCUT2D eigenvalue weighted by Crippen LogP contribution is 2.30. The summed E-state index contributed by atoms with van der Waals surface area (Å²) < 4.78 is 2.02. The molecule has 1 aromatic heterocycles. The van der Waals surface area contributed by atoms with Gasteiger partial charge in [0.15, 0.2) is 0 Å². The van der Waals surface area contributed by atoms with E-state index in [0.717, 1.165) is 40.1 Å². The van der Waals surface area contributed by atoms with Crippen LogP contribution in [-0.4, -0.2) is 16.3 Å². The van der Waals surface area contributed by atoms with E-state index < -0.39 is 0 Å². The molecule has 118 valence electrons. The third-order valence-corrected chi connectivity index (χ3v) is 4.13. The van der Waals surface area contributed by atoms with Gasteiger partial charge < -0.3 is 5.32 Å². The Morgan fingerprint density at radius 1 is 0.833 bits per heavy atom. The van der Waals surface area contributed by atoms with E-state index in [1.807, 2.05) is 22.9 Å². The van der Waals surface area contributed by atoms with Gasteiger partial charge in [0.1, 0.15) is 5.69 Å². The maximum Gasteiger partial charge on any atom is 0.101 e. The molecular formula is C21H19N3. The van der Waals surface area contributed by atoms with E-state index in [2.05, 4.69) is 72.9 Å². The summed E-state index contributed by atoms with van der Waals surface area (Å²) in [6.07, 6.45) is 0. The second-order valence-corrected chi connectivity index (χ2v) is 5.72. The number of nitrogens with zero attached hydrogens (tertiary/aromatic N) is 2. The summed E-state index contributed by atoms with van der Waals surface area (Å²) in [5.41, 5.74) is 5.46. The van der Waals surface area contributed by atoms with Crippen LogP contribution in [0.3, 0.4) is 0 Å². The topological polar surface area (TPSA) is 29.9 Å². The fraction of sp³-hybridized carbons (Fsp3) is 0.0952. The summed E-state index contributed by atoms with van der Waals surface area (Å²) in [5.74, 6) is 0. The zero-order chi connectivity index (χ0) is 16.4. The van der Waals surface area contributed by atoms with Crippen molar-refractivity contribution in [1.29, 1.82) is 0 Å². The third kappa shape index (κ3) is 2.54. The number of benzene rings is 3. The van der Waals surface area contributed by atoms with Gasteiger partial charge in [-0.3, -0.25) is 0 Å². The molecule has 0 bridgehead atoms. The second kappa shape index (κ2) is 6.20. The first-order valence-corrected chi connectivity index (χ1v) is 8.24. The highest BCUT2D eigenvalue weighted by atomic mass is 15.3. The molecule has 0 spiro atoms. The molecule has 4 rings (SSSR count). The maximum absolute atomic E-state index is 4.90. The summed E-state index contributed by atoms with van der Waals surface area (Å²) in [7, 11) is 0. The van der Waals surface area contributed by atoms with Crippen molar-refractivity contribution in [2.24, 2.45) is 0 Å². The van der Waals surface area contributed by atoms with Crippen LogP contribution in [0.5, 0.6) is 0 Å². The van der Waals surface area contributed by atoms with Crippen molar-refractivity contribution in [2.75, 3.05) is 11.9 Å². The summed E-state index contributed by atoms with van der Waals surface area (Å²) in [6.45, 7) is 3.02. The summed E-state index contributed by atoms with van der Waals surface area (Å²) in [4.78, 5) is 0. The minimum atomic E-state index is 0.922. The lowest BCUT2D eigenvalue weighted by Crippen LogP contribution is -1.96. The zero-order valence-corrected chi connectivity index (χ0v) is 13.6. The van der Waals surface area contributed by atoms with Crippen molar-refractivity contribution in [1.82, 2.24) is 9.78 Å². The molecule has 1 N–H and O–H groups in total. The molecule has 0 saturated carbocycles. The molecule has 0 amide bonds. The van der Waals surface area contributed by atoms with Crippen molar-refractivity contribution >= 4 is 16.6 Å². The van der Waals surface area contributed by atoms with Crippen molar-refractivity contribution < 1.29 is 0 Å². The first kappa shape index (κ1) is 14.5. The van der Waals surface area contributed by atoms with Crippen LogP contribution in [0.15, 0.2) is 78.9 Å². The number of anilines is 1. The largest absolute Gasteiger partial charge is 0.385 e. The Hall–Kier alpha value is -3.07. The van der Waals surface area contributed by atoms with E-state index >= 15 is 0 Å². The Bertz CT molecular complexity index is 953. The van der Waals surface area contributed by atoms with Gasteiger partial charge in [0.05, 0.1) is 11.2 Å². The van der Waals surface area contributed by atoms with Gasteiger partial charge in [-0.2, -0.15) is 5.10 Å². The molecule has 0 atom stereocenters. The van der Waals surface area contributed by atoms with Gasteiger partial charge in [0.25, 0.3) is 0 Å². The minimum Gasteiger partial charge on any atom is -0.385 e. The van der Waals surface area contributed by atoms with Crippen LogP contribution in [0, 0.1) is 0 Å². The van der Waals surface area contributed by atoms with Crippen molar-refractivity contribution in [2.45, 2.75) is 6.92 Å². The van der Waals surface area contributed by atoms with Gasteiger partial charge in [-0.25, -0.2) is 4.68 Å². The molecule has 3 heteroatoms. The van der Waals surface area contributed by atoms with E-state index in [4.69, 9.17) is 5.10 Å². The lowest BCUT2D eigenvalue weighted by Gasteiger charge is -2.04. The Balaban J connectivity index is 1.87. The van der Waals surface area contributed by atoms with Crippen LogP contribution in [0.2, 0.25) is 0 Å².